The molecule has 0 N–H and O–H groups in total. The van der Waals surface area contributed by atoms with Gasteiger partial charge in [-0.25, -0.2) is 19.9 Å². The van der Waals surface area contributed by atoms with Crippen LogP contribution < -0.4 is 9.47 Å². The van der Waals surface area contributed by atoms with Gasteiger partial charge in [0.05, 0.1) is 25.6 Å². The number of carbonyl (C=O) groups is 2. The minimum absolute atomic E-state index is 0.130. The zero-order valence-corrected chi connectivity index (χ0v) is 21.4. The topological polar surface area (TPSA) is 113 Å². The highest BCUT2D eigenvalue weighted by molar-refractivity contribution is 6.08. The van der Waals surface area contributed by atoms with Crippen LogP contribution in [-0.4, -0.2) is 53.5 Å². The minimum atomic E-state index is -0.130. The predicted molar refractivity (Wildman–Crippen MR) is 146 cm³/mol. The van der Waals surface area contributed by atoms with Gasteiger partial charge in [-0.05, 0) is 73.5 Å². The fourth-order valence-corrected chi connectivity index (χ4v) is 4.28. The molecule has 0 spiro atoms. The zero-order chi connectivity index (χ0) is 27.3. The molecule has 0 saturated carbocycles. The molecule has 0 saturated heterocycles. The number of benzene rings is 2. The van der Waals surface area contributed by atoms with Crippen molar-refractivity contribution in [2.75, 3.05) is 13.2 Å². The normalized spacial score (nSPS) is 11.1. The maximum atomic E-state index is 12.9. The number of ether oxygens (including phenoxy) is 2. The van der Waals surface area contributed by atoms with E-state index in [1.165, 1.54) is 12.4 Å². The van der Waals surface area contributed by atoms with E-state index in [0.717, 1.165) is 12.8 Å². The highest BCUT2D eigenvalue weighted by Gasteiger charge is 2.16. The SMILES string of the molecule is O=C(c1ccc(OCCCCOc2ccc(C(=O)c3cnc4ncccn34)cc2)cc1)c1cnc2ncccn12. The summed E-state index contributed by atoms with van der Waals surface area (Å²) in [5, 5.41) is 0. The van der Waals surface area contributed by atoms with Crippen LogP contribution in [-0.2, 0) is 0 Å². The van der Waals surface area contributed by atoms with Gasteiger partial charge < -0.3 is 9.47 Å². The summed E-state index contributed by atoms with van der Waals surface area (Å²) in [7, 11) is 0. The van der Waals surface area contributed by atoms with Crippen molar-refractivity contribution in [1.82, 2.24) is 28.7 Å². The second-order valence-electron chi connectivity index (χ2n) is 8.98. The number of nitrogens with zero attached hydrogens (tertiary/aromatic N) is 6. The Morgan fingerprint density at radius 2 is 1.02 bits per heavy atom. The number of rotatable bonds is 11. The molecule has 0 fully saturated rings. The number of hydrogen-bond donors (Lipinski definition) is 0. The van der Waals surface area contributed by atoms with E-state index in [1.807, 2.05) is 0 Å². The van der Waals surface area contributed by atoms with Crippen molar-refractivity contribution in [3.8, 4) is 11.5 Å². The van der Waals surface area contributed by atoms with Gasteiger partial charge in [0.15, 0.2) is 0 Å². The van der Waals surface area contributed by atoms with Crippen molar-refractivity contribution in [2.24, 2.45) is 0 Å². The van der Waals surface area contributed by atoms with Crippen molar-refractivity contribution in [3.63, 3.8) is 0 Å². The summed E-state index contributed by atoms with van der Waals surface area (Å²) in [5.41, 5.74) is 2.02. The Morgan fingerprint density at radius 1 is 0.600 bits per heavy atom. The van der Waals surface area contributed by atoms with E-state index >= 15 is 0 Å². The molecule has 198 valence electrons. The molecule has 4 heterocycles. The molecule has 0 unspecified atom stereocenters. The average Bonchev–Trinajstić information content (AvgIpc) is 3.64. The lowest BCUT2D eigenvalue weighted by Gasteiger charge is -2.09. The van der Waals surface area contributed by atoms with E-state index in [1.54, 1.807) is 94.3 Å². The largest absolute Gasteiger partial charge is 0.494 e. The number of carbonyl (C=O) groups excluding carboxylic acids is 2. The van der Waals surface area contributed by atoms with Gasteiger partial charge in [-0.15, -0.1) is 0 Å². The standard InChI is InChI=1S/C30H24N6O4/c37-27(25-19-33-29-31-13-3-15-35(25)29)21-5-9-23(10-6-21)39-17-1-2-18-40-24-11-7-22(8-12-24)28(38)26-20-34-30-32-14-4-16-36(26)30/h3-16,19-20H,1-2,17-18H2. The highest BCUT2D eigenvalue weighted by atomic mass is 16.5. The molecule has 0 aliphatic heterocycles. The first-order valence-electron chi connectivity index (χ1n) is 12.8. The molecular formula is C30H24N6O4. The lowest BCUT2D eigenvalue weighted by Crippen LogP contribution is -2.06. The number of ketones is 2. The van der Waals surface area contributed by atoms with Crippen LogP contribution in [0.4, 0.5) is 0 Å². The van der Waals surface area contributed by atoms with Crippen LogP contribution in [0.1, 0.15) is 44.9 Å². The van der Waals surface area contributed by atoms with Gasteiger partial charge in [-0.2, -0.15) is 0 Å². The third-order valence-electron chi connectivity index (χ3n) is 6.35. The maximum Gasteiger partial charge on any atom is 0.234 e. The lowest BCUT2D eigenvalue weighted by molar-refractivity contribution is 0.102. The molecule has 10 nitrogen and oxygen atoms in total. The second-order valence-corrected chi connectivity index (χ2v) is 8.98. The van der Waals surface area contributed by atoms with Crippen LogP contribution in [0.5, 0.6) is 11.5 Å². The third-order valence-corrected chi connectivity index (χ3v) is 6.35. The molecule has 0 bridgehead atoms. The minimum Gasteiger partial charge on any atom is -0.494 e. The summed E-state index contributed by atoms with van der Waals surface area (Å²) in [6.07, 6.45) is 11.5. The van der Waals surface area contributed by atoms with Crippen LogP contribution >= 0.6 is 0 Å². The molecule has 6 rings (SSSR count). The van der Waals surface area contributed by atoms with Gasteiger partial charge >= 0.3 is 0 Å². The molecule has 4 aromatic heterocycles. The zero-order valence-electron chi connectivity index (χ0n) is 21.4. The van der Waals surface area contributed by atoms with Crippen molar-refractivity contribution in [3.05, 3.63) is 120 Å². The first-order valence-corrected chi connectivity index (χ1v) is 12.8. The number of hydrogen-bond acceptors (Lipinski definition) is 8. The van der Waals surface area contributed by atoms with E-state index in [9.17, 15) is 9.59 Å². The molecule has 0 atom stereocenters. The Labute approximate surface area is 228 Å². The van der Waals surface area contributed by atoms with E-state index in [2.05, 4.69) is 19.9 Å². The van der Waals surface area contributed by atoms with Gasteiger partial charge in [-0.3, -0.25) is 18.4 Å². The molecule has 2 aromatic carbocycles. The molecule has 40 heavy (non-hydrogen) atoms. The molecule has 0 amide bonds. The second kappa shape index (κ2) is 11.2. The van der Waals surface area contributed by atoms with Crippen molar-refractivity contribution >= 4 is 23.1 Å². The van der Waals surface area contributed by atoms with E-state index in [0.29, 0.717) is 58.8 Å². The van der Waals surface area contributed by atoms with Crippen LogP contribution in [0.2, 0.25) is 0 Å². The lowest BCUT2D eigenvalue weighted by atomic mass is 10.1. The van der Waals surface area contributed by atoms with Crippen LogP contribution in [0.25, 0.3) is 11.6 Å². The van der Waals surface area contributed by atoms with Crippen LogP contribution in [0.15, 0.2) is 97.8 Å². The summed E-state index contributed by atoms with van der Waals surface area (Å²) >= 11 is 0. The first-order chi connectivity index (χ1) is 19.7. The van der Waals surface area contributed by atoms with Gasteiger partial charge in [0, 0.05) is 35.9 Å². The van der Waals surface area contributed by atoms with Crippen LogP contribution in [0.3, 0.4) is 0 Å². The Balaban J connectivity index is 0.940. The molecule has 0 radical (unpaired) electrons. The first kappa shape index (κ1) is 24.9. The van der Waals surface area contributed by atoms with Crippen molar-refractivity contribution in [2.45, 2.75) is 12.8 Å². The summed E-state index contributed by atoms with van der Waals surface area (Å²) in [6.45, 7) is 1.05. The Kier molecular flexibility index (Phi) is 6.95. The summed E-state index contributed by atoms with van der Waals surface area (Å²) in [6, 6.07) is 17.7. The third kappa shape index (κ3) is 5.14. The Hall–Kier alpha value is -5.38. The average molecular weight is 533 g/mol. The number of fused-ring (bicyclic) bond motifs is 2. The smallest absolute Gasteiger partial charge is 0.234 e. The maximum absolute atomic E-state index is 12.9. The van der Waals surface area contributed by atoms with Gasteiger partial charge in [-0.1, -0.05) is 0 Å². The summed E-state index contributed by atoms with van der Waals surface area (Å²) < 4.78 is 15.0. The fourth-order valence-electron chi connectivity index (χ4n) is 4.28. The molecule has 0 aliphatic rings. The summed E-state index contributed by atoms with van der Waals surface area (Å²) in [4.78, 5) is 42.4. The van der Waals surface area contributed by atoms with E-state index in [-0.39, 0.29) is 11.6 Å². The Morgan fingerprint density at radius 3 is 1.45 bits per heavy atom. The Bertz CT molecular complexity index is 1660. The predicted octanol–water partition coefficient (Wildman–Crippen LogP) is 4.47. The van der Waals surface area contributed by atoms with Gasteiger partial charge in [0.25, 0.3) is 0 Å². The van der Waals surface area contributed by atoms with Crippen LogP contribution in [0, 0.1) is 0 Å². The molecule has 0 aliphatic carbocycles. The molecule has 6 aromatic rings. The molecular weight excluding hydrogens is 508 g/mol. The number of imidazole rings is 2. The quantitative estimate of drug-likeness (QED) is 0.177. The van der Waals surface area contributed by atoms with E-state index in [4.69, 9.17) is 9.47 Å². The van der Waals surface area contributed by atoms with E-state index < -0.39 is 0 Å². The van der Waals surface area contributed by atoms with Crippen molar-refractivity contribution in [1.29, 1.82) is 0 Å². The van der Waals surface area contributed by atoms with Crippen molar-refractivity contribution < 1.29 is 19.1 Å². The van der Waals surface area contributed by atoms with Gasteiger partial charge in [0.1, 0.15) is 22.9 Å². The monoisotopic (exact) mass is 532 g/mol. The number of unbranched alkanes of at least 4 members (excludes halogenated alkanes) is 1. The molecule has 10 heteroatoms. The van der Waals surface area contributed by atoms with Gasteiger partial charge in [0.2, 0.25) is 23.1 Å². The highest BCUT2D eigenvalue weighted by Crippen LogP contribution is 2.18. The summed E-state index contributed by atoms with van der Waals surface area (Å²) in [5.74, 6) is 2.10. The fraction of sp³-hybridized carbons (Fsp3) is 0.133. The number of aromatic nitrogens is 6.